The van der Waals surface area contributed by atoms with Gasteiger partial charge in [-0.1, -0.05) is 0 Å². The van der Waals surface area contributed by atoms with Crippen LogP contribution in [0.4, 0.5) is 11.5 Å². The van der Waals surface area contributed by atoms with Gasteiger partial charge in [-0.2, -0.15) is 0 Å². The van der Waals surface area contributed by atoms with Gasteiger partial charge < -0.3 is 20.5 Å². The number of ether oxygens (including phenoxy) is 1. The molecule has 1 aromatic heterocycles. The first-order chi connectivity index (χ1) is 10.6. The van der Waals surface area contributed by atoms with E-state index in [-0.39, 0.29) is 11.5 Å². The summed E-state index contributed by atoms with van der Waals surface area (Å²) in [5.74, 6) is 0.917. The van der Waals surface area contributed by atoms with Crippen LogP contribution in [0.15, 0.2) is 36.5 Å². The average molecular weight is 298 g/mol. The highest BCUT2D eigenvalue weighted by Crippen LogP contribution is 2.23. The molecule has 0 unspecified atom stereocenters. The van der Waals surface area contributed by atoms with Crippen LogP contribution in [0.2, 0.25) is 0 Å². The molecule has 22 heavy (non-hydrogen) atoms. The largest absolute Gasteiger partial charge is 0.508 e. The van der Waals surface area contributed by atoms with Gasteiger partial charge in [-0.25, -0.2) is 4.98 Å². The molecule has 114 valence electrons. The summed E-state index contributed by atoms with van der Waals surface area (Å²) in [4.78, 5) is 6.50. The highest BCUT2D eigenvalue weighted by Gasteiger charge is 2.15. The van der Waals surface area contributed by atoms with Crippen molar-refractivity contribution in [1.29, 1.82) is 5.41 Å². The summed E-state index contributed by atoms with van der Waals surface area (Å²) in [7, 11) is 0. The number of aromatic hydroxyl groups is 1. The van der Waals surface area contributed by atoms with E-state index in [1.807, 2.05) is 6.07 Å². The summed E-state index contributed by atoms with van der Waals surface area (Å²) < 4.78 is 5.34. The van der Waals surface area contributed by atoms with Gasteiger partial charge in [0, 0.05) is 36.1 Å². The summed E-state index contributed by atoms with van der Waals surface area (Å²) in [6.45, 7) is 2.95. The van der Waals surface area contributed by atoms with Crippen molar-refractivity contribution in [3.63, 3.8) is 0 Å². The molecule has 0 radical (unpaired) electrons. The van der Waals surface area contributed by atoms with E-state index in [1.165, 1.54) is 12.1 Å². The third-order valence-corrected chi connectivity index (χ3v) is 3.68. The highest BCUT2D eigenvalue weighted by molar-refractivity contribution is 6.14. The smallest absolute Gasteiger partial charge is 0.129 e. The molecule has 2 heterocycles. The molecule has 1 aliphatic heterocycles. The van der Waals surface area contributed by atoms with Crippen molar-refractivity contribution in [3.05, 3.63) is 47.7 Å². The number of nitrogens with zero attached hydrogens (tertiary/aromatic N) is 2. The standard InChI is InChI=1S/C16H18N4O2/c17-14-2-1-12(21)10-13(14)16(18)11-3-4-19-15(9-11)20-5-7-22-8-6-20/h1-4,9-10,18,21H,5-8,17H2. The lowest BCUT2D eigenvalue weighted by molar-refractivity contribution is 0.122. The first kappa shape index (κ1) is 14.3. The van der Waals surface area contributed by atoms with Crippen LogP contribution in [0.1, 0.15) is 11.1 Å². The Labute approximate surface area is 128 Å². The predicted molar refractivity (Wildman–Crippen MR) is 85.7 cm³/mol. The van der Waals surface area contributed by atoms with Gasteiger partial charge in [0.15, 0.2) is 0 Å². The van der Waals surface area contributed by atoms with Gasteiger partial charge in [-0.15, -0.1) is 0 Å². The Morgan fingerprint density at radius 3 is 2.77 bits per heavy atom. The number of benzene rings is 1. The van der Waals surface area contributed by atoms with Crippen LogP contribution in [-0.2, 0) is 4.74 Å². The number of nitrogens with two attached hydrogens (primary N) is 1. The molecule has 3 rings (SSSR count). The van der Waals surface area contributed by atoms with Gasteiger partial charge in [-0.05, 0) is 30.3 Å². The molecule has 1 aromatic carbocycles. The van der Waals surface area contributed by atoms with E-state index >= 15 is 0 Å². The number of phenols is 1. The van der Waals surface area contributed by atoms with Gasteiger partial charge in [0.05, 0.1) is 18.9 Å². The predicted octanol–water partition coefficient (Wildman–Crippen LogP) is 1.62. The quantitative estimate of drug-likeness (QED) is 0.455. The molecule has 4 N–H and O–H groups in total. The fourth-order valence-corrected chi connectivity index (χ4v) is 2.46. The van der Waals surface area contributed by atoms with Crippen molar-refractivity contribution in [3.8, 4) is 5.75 Å². The zero-order valence-electron chi connectivity index (χ0n) is 12.1. The van der Waals surface area contributed by atoms with E-state index in [4.69, 9.17) is 15.9 Å². The summed E-state index contributed by atoms with van der Waals surface area (Å²) in [5, 5.41) is 18.0. The van der Waals surface area contributed by atoms with Crippen LogP contribution in [0.3, 0.4) is 0 Å². The maximum atomic E-state index is 9.61. The molecule has 0 amide bonds. The van der Waals surface area contributed by atoms with Crippen molar-refractivity contribution in [1.82, 2.24) is 4.98 Å². The Hall–Kier alpha value is -2.60. The summed E-state index contributed by atoms with van der Waals surface area (Å²) in [6.07, 6.45) is 1.69. The maximum Gasteiger partial charge on any atom is 0.129 e. The van der Waals surface area contributed by atoms with E-state index in [2.05, 4.69) is 9.88 Å². The van der Waals surface area contributed by atoms with E-state index in [9.17, 15) is 5.11 Å². The van der Waals surface area contributed by atoms with Crippen LogP contribution in [-0.4, -0.2) is 42.1 Å². The molecular formula is C16H18N4O2. The second kappa shape index (κ2) is 6.03. The number of phenolic OH excluding ortho intramolecular Hbond substituents is 1. The fourth-order valence-electron chi connectivity index (χ4n) is 2.46. The lowest BCUT2D eigenvalue weighted by atomic mass is 10.0. The van der Waals surface area contributed by atoms with Gasteiger partial charge in [0.2, 0.25) is 0 Å². The minimum absolute atomic E-state index is 0.0939. The third kappa shape index (κ3) is 2.87. The number of hydrogen-bond acceptors (Lipinski definition) is 6. The van der Waals surface area contributed by atoms with E-state index in [1.54, 1.807) is 18.3 Å². The lowest BCUT2D eigenvalue weighted by Gasteiger charge is -2.28. The average Bonchev–Trinajstić information content (AvgIpc) is 2.57. The second-order valence-corrected chi connectivity index (χ2v) is 5.15. The molecule has 1 saturated heterocycles. The molecule has 0 bridgehead atoms. The topological polar surface area (TPSA) is 95.5 Å². The minimum Gasteiger partial charge on any atom is -0.508 e. The van der Waals surface area contributed by atoms with Gasteiger partial charge in [-0.3, -0.25) is 5.41 Å². The number of nitrogens with one attached hydrogen (secondary N) is 1. The number of rotatable bonds is 3. The van der Waals surface area contributed by atoms with E-state index in [0.717, 1.165) is 18.9 Å². The minimum atomic E-state index is 0.0939. The van der Waals surface area contributed by atoms with Crippen molar-refractivity contribution >= 4 is 17.2 Å². The Morgan fingerprint density at radius 1 is 1.23 bits per heavy atom. The molecule has 0 saturated carbocycles. The Kier molecular flexibility index (Phi) is 3.93. The van der Waals surface area contributed by atoms with Crippen LogP contribution in [0.5, 0.6) is 5.75 Å². The van der Waals surface area contributed by atoms with Crippen LogP contribution >= 0.6 is 0 Å². The molecular weight excluding hydrogens is 280 g/mol. The van der Waals surface area contributed by atoms with Crippen molar-refractivity contribution < 1.29 is 9.84 Å². The summed E-state index contributed by atoms with van der Waals surface area (Å²) in [5.41, 5.74) is 7.88. The number of hydrogen-bond donors (Lipinski definition) is 3. The first-order valence-corrected chi connectivity index (χ1v) is 7.11. The highest BCUT2D eigenvalue weighted by atomic mass is 16.5. The van der Waals surface area contributed by atoms with Crippen LogP contribution in [0, 0.1) is 5.41 Å². The summed E-state index contributed by atoms with van der Waals surface area (Å²) in [6, 6.07) is 8.26. The van der Waals surface area contributed by atoms with Gasteiger partial charge in [0.1, 0.15) is 11.6 Å². The summed E-state index contributed by atoms with van der Waals surface area (Å²) >= 11 is 0. The van der Waals surface area contributed by atoms with E-state index < -0.39 is 0 Å². The Balaban J connectivity index is 1.91. The third-order valence-electron chi connectivity index (χ3n) is 3.68. The number of anilines is 2. The van der Waals surface area contributed by atoms with Crippen molar-refractivity contribution in [2.45, 2.75) is 0 Å². The monoisotopic (exact) mass is 298 g/mol. The van der Waals surface area contributed by atoms with Crippen LogP contribution < -0.4 is 10.6 Å². The molecule has 0 atom stereocenters. The molecule has 2 aromatic rings. The molecule has 1 fully saturated rings. The zero-order valence-corrected chi connectivity index (χ0v) is 12.1. The number of nitrogen functional groups attached to an aromatic ring is 1. The number of pyridine rings is 1. The van der Waals surface area contributed by atoms with Crippen molar-refractivity contribution in [2.75, 3.05) is 36.9 Å². The van der Waals surface area contributed by atoms with Crippen LogP contribution in [0.25, 0.3) is 0 Å². The SMILES string of the molecule is N=C(c1ccnc(N2CCOCC2)c1)c1cc(O)ccc1N. The van der Waals surface area contributed by atoms with Gasteiger partial charge in [0.25, 0.3) is 0 Å². The zero-order chi connectivity index (χ0) is 15.5. The molecule has 6 heteroatoms. The van der Waals surface area contributed by atoms with Crippen molar-refractivity contribution in [2.24, 2.45) is 0 Å². The normalized spacial score (nSPS) is 14.8. The molecule has 0 aliphatic carbocycles. The lowest BCUT2D eigenvalue weighted by Crippen LogP contribution is -2.36. The first-order valence-electron chi connectivity index (χ1n) is 7.11. The Morgan fingerprint density at radius 2 is 2.00 bits per heavy atom. The Bertz CT molecular complexity index is 696. The van der Waals surface area contributed by atoms with E-state index in [0.29, 0.717) is 30.0 Å². The molecule has 0 spiro atoms. The molecule has 6 nitrogen and oxygen atoms in total. The molecule has 1 aliphatic rings. The number of aromatic nitrogens is 1. The maximum absolute atomic E-state index is 9.61. The fraction of sp³-hybridized carbons (Fsp3) is 0.250. The number of morpholine rings is 1. The second-order valence-electron chi connectivity index (χ2n) is 5.15. The van der Waals surface area contributed by atoms with Gasteiger partial charge >= 0.3 is 0 Å².